The van der Waals surface area contributed by atoms with Crippen molar-refractivity contribution >= 4 is 6.21 Å². The van der Waals surface area contributed by atoms with Gasteiger partial charge in [-0.1, -0.05) is 12.1 Å². The summed E-state index contributed by atoms with van der Waals surface area (Å²) in [5.41, 5.74) is 5.98. The van der Waals surface area contributed by atoms with Gasteiger partial charge in [0.1, 0.15) is 5.75 Å². The van der Waals surface area contributed by atoms with Crippen molar-refractivity contribution in [3.8, 4) is 5.75 Å². The molecule has 73 valence electrons. The average molecular weight is 223 g/mol. The topological polar surface area (TPSA) is 58.6 Å². The Morgan fingerprint density at radius 1 is 1.38 bits per heavy atom. The van der Waals surface area contributed by atoms with Crippen molar-refractivity contribution in [3.05, 3.63) is 29.8 Å². The molecule has 0 saturated heterocycles. The summed E-state index contributed by atoms with van der Waals surface area (Å²) in [5.74, 6) is 0.248. The van der Waals surface area contributed by atoms with E-state index >= 15 is 0 Å². The number of phenolic OH excluding ortho intramolecular Hbond substituents is 1. The molecule has 13 heavy (non-hydrogen) atoms. The van der Waals surface area contributed by atoms with E-state index in [1.807, 2.05) is 6.07 Å². The van der Waals surface area contributed by atoms with E-state index in [-0.39, 0.29) is 22.5 Å². The van der Waals surface area contributed by atoms with Gasteiger partial charge in [0.2, 0.25) is 0 Å². The zero-order chi connectivity index (χ0) is 8.81. The zero-order valence-corrected chi connectivity index (χ0v) is 8.15. The summed E-state index contributed by atoms with van der Waals surface area (Å²) in [5, 5.41) is 9.29. The number of rotatable bonds is 3. The molecule has 0 atom stereocenters. The third-order valence-corrected chi connectivity index (χ3v) is 1.43. The molecule has 3 N–H and O–H groups in total. The molecule has 4 heteroatoms. The van der Waals surface area contributed by atoms with Crippen LogP contribution in [-0.2, 0) is 16.8 Å². The number of hydrogen-bond acceptors (Lipinski definition) is 3. The number of aromatic hydroxyl groups is 1. The quantitative estimate of drug-likeness (QED) is 0.743. The summed E-state index contributed by atoms with van der Waals surface area (Å²) < 4.78 is 0. The largest absolute Gasteiger partial charge is 0.507 e. The first-order valence-electron chi connectivity index (χ1n) is 3.82. The zero-order valence-electron chi connectivity index (χ0n) is 7.11. The van der Waals surface area contributed by atoms with Crippen molar-refractivity contribution in [3.63, 3.8) is 0 Å². The number of aliphatic imine (C=N–C) groups is 1. The second kappa shape index (κ2) is 6.65. The Balaban J connectivity index is 0.00000144. The van der Waals surface area contributed by atoms with E-state index < -0.39 is 0 Å². The predicted molar refractivity (Wildman–Crippen MR) is 49.6 cm³/mol. The van der Waals surface area contributed by atoms with Crippen LogP contribution in [0.5, 0.6) is 5.75 Å². The minimum atomic E-state index is 0. The van der Waals surface area contributed by atoms with Crippen molar-refractivity contribution < 1.29 is 21.9 Å². The van der Waals surface area contributed by atoms with Crippen molar-refractivity contribution in [2.24, 2.45) is 10.7 Å². The van der Waals surface area contributed by atoms with Crippen LogP contribution in [0, 0.1) is 0 Å². The average Bonchev–Trinajstić information content (AvgIpc) is 2.09. The molecular weight excluding hydrogens is 211 g/mol. The molecule has 0 aliphatic rings. The van der Waals surface area contributed by atoms with Crippen LogP contribution in [0.2, 0.25) is 0 Å². The molecule has 0 fully saturated rings. The van der Waals surface area contributed by atoms with Gasteiger partial charge < -0.3 is 10.8 Å². The molecule has 3 nitrogen and oxygen atoms in total. The maximum atomic E-state index is 9.29. The van der Waals surface area contributed by atoms with E-state index in [1.54, 1.807) is 24.4 Å². The van der Waals surface area contributed by atoms with Crippen LogP contribution in [0.3, 0.4) is 0 Å². The van der Waals surface area contributed by atoms with Gasteiger partial charge in [-0.2, -0.15) is 0 Å². The second-order valence-electron chi connectivity index (χ2n) is 2.38. The minimum Gasteiger partial charge on any atom is -0.507 e. The van der Waals surface area contributed by atoms with Crippen molar-refractivity contribution in [1.82, 2.24) is 0 Å². The molecule has 1 aromatic rings. The van der Waals surface area contributed by atoms with Gasteiger partial charge in [-0.3, -0.25) is 4.99 Å². The third kappa shape index (κ3) is 4.07. The predicted octanol–water partition coefficient (Wildman–Crippen LogP) is 0.767. The number of benzene rings is 1. The van der Waals surface area contributed by atoms with Gasteiger partial charge in [0.15, 0.2) is 0 Å². The summed E-state index contributed by atoms with van der Waals surface area (Å²) >= 11 is 0. The molecule has 0 bridgehead atoms. The normalized spacial score (nSPS) is 9.92. The molecule has 0 unspecified atom stereocenters. The molecule has 0 aliphatic heterocycles. The smallest absolute Gasteiger partial charge is 0.124 e. The molecule has 1 radical (unpaired) electrons. The number of hydrogen-bond donors (Lipinski definition) is 2. The summed E-state index contributed by atoms with van der Waals surface area (Å²) in [6, 6.07) is 7.05. The fourth-order valence-electron chi connectivity index (χ4n) is 0.834. The van der Waals surface area contributed by atoms with E-state index in [4.69, 9.17) is 5.73 Å². The second-order valence-corrected chi connectivity index (χ2v) is 2.38. The van der Waals surface area contributed by atoms with E-state index in [9.17, 15) is 5.11 Å². The standard InChI is InChI=1S/C9H12N2O.Co/c10-5-6-11-7-8-3-1-2-4-9(8)12;/h1-4,7,12H,5-6,10H2;. The number of para-hydroxylation sites is 1. The van der Waals surface area contributed by atoms with E-state index in [1.165, 1.54) is 0 Å². The summed E-state index contributed by atoms with van der Waals surface area (Å²) in [7, 11) is 0. The van der Waals surface area contributed by atoms with Crippen LogP contribution < -0.4 is 5.73 Å². The fraction of sp³-hybridized carbons (Fsp3) is 0.222. The van der Waals surface area contributed by atoms with Crippen molar-refractivity contribution in [2.45, 2.75) is 0 Å². The molecule has 1 rings (SSSR count). The van der Waals surface area contributed by atoms with Crippen LogP contribution in [0.1, 0.15) is 5.56 Å². The summed E-state index contributed by atoms with van der Waals surface area (Å²) in [6.07, 6.45) is 1.63. The maximum absolute atomic E-state index is 9.29. The van der Waals surface area contributed by atoms with E-state index in [0.29, 0.717) is 13.1 Å². The SMILES string of the molecule is NCCN=Cc1ccccc1O.[Co]. The Bertz CT molecular complexity index is 276. The first-order valence-corrected chi connectivity index (χ1v) is 3.82. The molecule has 0 spiro atoms. The van der Waals surface area contributed by atoms with Gasteiger partial charge in [0, 0.05) is 35.1 Å². The van der Waals surface area contributed by atoms with Crippen LogP contribution in [0.4, 0.5) is 0 Å². The summed E-state index contributed by atoms with van der Waals surface area (Å²) in [4.78, 5) is 4.01. The first kappa shape index (κ1) is 12.2. The Morgan fingerprint density at radius 3 is 2.69 bits per heavy atom. The minimum absolute atomic E-state index is 0. The van der Waals surface area contributed by atoms with Crippen LogP contribution >= 0.6 is 0 Å². The van der Waals surface area contributed by atoms with Gasteiger partial charge in [0.05, 0.1) is 6.54 Å². The maximum Gasteiger partial charge on any atom is 0.124 e. The van der Waals surface area contributed by atoms with Crippen molar-refractivity contribution in [1.29, 1.82) is 0 Å². The van der Waals surface area contributed by atoms with Crippen LogP contribution in [0.15, 0.2) is 29.3 Å². The molecule has 0 aliphatic carbocycles. The molecule has 0 amide bonds. The first-order chi connectivity index (χ1) is 5.84. The molecular formula is C9H12CoN2O. The van der Waals surface area contributed by atoms with Gasteiger partial charge in [-0.15, -0.1) is 0 Å². The molecule has 0 aromatic heterocycles. The fourth-order valence-corrected chi connectivity index (χ4v) is 0.834. The van der Waals surface area contributed by atoms with Crippen LogP contribution in [-0.4, -0.2) is 24.4 Å². The Labute approximate surface area is 87.9 Å². The van der Waals surface area contributed by atoms with Crippen LogP contribution in [0.25, 0.3) is 0 Å². The Kier molecular flexibility index (Phi) is 6.22. The van der Waals surface area contributed by atoms with E-state index in [2.05, 4.69) is 4.99 Å². The third-order valence-electron chi connectivity index (χ3n) is 1.43. The monoisotopic (exact) mass is 223 g/mol. The van der Waals surface area contributed by atoms with E-state index in [0.717, 1.165) is 5.56 Å². The van der Waals surface area contributed by atoms with Gasteiger partial charge in [0.25, 0.3) is 0 Å². The molecule has 0 heterocycles. The van der Waals surface area contributed by atoms with Gasteiger partial charge >= 0.3 is 0 Å². The Hall–Kier alpha value is -0.844. The number of nitrogens with zero attached hydrogens (tertiary/aromatic N) is 1. The van der Waals surface area contributed by atoms with Gasteiger partial charge in [-0.05, 0) is 12.1 Å². The van der Waals surface area contributed by atoms with Crippen molar-refractivity contribution in [2.75, 3.05) is 13.1 Å². The molecule has 0 saturated carbocycles. The summed E-state index contributed by atoms with van der Waals surface area (Å²) in [6.45, 7) is 1.12. The van der Waals surface area contributed by atoms with Gasteiger partial charge in [-0.25, -0.2) is 0 Å². The number of phenols is 1. The number of nitrogens with two attached hydrogens (primary N) is 1. The molecule has 1 aromatic carbocycles. The Morgan fingerprint density at radius 2 is 2.08 bits per heavy atom.